The van der Waals surface area contributed by atoms with Crippen LogP contribution in [0.4, 0.5) is 0 Å². The van der Waals surface area contributed by atoms with Crippen LogP contribution in [0.15, 0.2) is 43.0 Å². The van der Waals surface area contributed by atoms with Crippen LogP contribution in [-0.2, 0) is 30.4 Å². The van der Waals surface area contributed by atoms with E-state index in [0.717, 1.165) is 5.56 Å². The third-order valence-electron chi connectivity index (χ3n) is 7.81. The Kier molecular flexibility index (Phi) is 6.57. The zero-order valence-corrected chi connectivity index (χ0v) is 20.1. The van der Waals surface area contributed by atoms with Crippen LogP contribution in [0.5, 0.6) is 0 Å². The summed E-state index contributed by atoms with van der Waals surface area (Å²) in [6, 6.07) is 8.66. The monoisotopic (exact) mass is 470 g/mol. The van der Waals surface area contributed by atoms with Gasteiger partial charge in [0.2, 0.25) is 11.8 Å². The summed E-state index contributed by atoms with van der Waals surface area (Å²) in [6.07, 6.45) is 2.13. The first-order valence-corrected chi connectivity index (χ1v) is 12.0. The highest BCUT2D eigenvalue weighted by Crippen LogP contribution is 2.65. The zero-order chi connectivity index (χ0) is 24.7. The molecule has 3 aliphatic rings. The van der Waals surface area contributed by atoms with Gasteiger partial charge in [0.1, 0.15) is 17.6 Å². The number of hydrogen-bond acceptors (Lipinski definition) is 6. The minimum Gasteiger partial charge on any atom is -0.466 e. The van der Waals surface area contributed by atoms with Crippen LogP contribution in [0.3, 0.4) is 0 Å². The number of carbonyl (C=O) groups excluding carboxylic acids is 3. The molecule has 1 aromatic rings. The number of fused-ring (bicyclic) bond motifs is 1. The van der Waals surface area contributed by atoms with Gasteiger partial charge >= 0.3 is 5.97 Å². The fourth-order valence-corrected chi connectivity index (χ4v) is 6.32. The lowest BCUT2D eigenvalue weighted by molar-refractivity contribution is -0.162. The van der Waals surface area contributed by atoms with Crippen molar-refractivity contribution in [2.75, 3.05) is 26.3 Å². The third-order valence-corrected chi connectivity index (χ3v) is 7.81. The van der Waals surface area contributed by atoms with Crippen molar-refractivity contribution in [2.45, 2.75) is 51.0 Å². The lowest BCUT2D eigenvalue weighted by atomic mass is 9.62. The number of amides is 2. The van der Waals surface area contributed by atoms with E-state index in [1.54, 1.807) is 17.9 Å². The molecule has 0 aliphatic carbocycles. The van der Waals surface area contributed by atoms with Crippen LogP contribution in [0.25, 0.3) is 0 Å². The van der Waals surface area contributed by atoms with Crippen molar-refractivity contribution in [3.63, 3.8) is 0 Å². The van der Waals surface area contributed by atoms with E-state index in [1.165, 1.54) is 4.90 Å². The number of rotatable bonds is 9. The molecule has 3 fully saturated rings. The van der Waals surface area contributed by atoms with Crippen LogP contribution in [0.2, 0.25) is 0 Å². The van der Waals surface area contributed by atoms with Crippen LogP contribution in [-0.4, -0.2) is 76.2 Å². The number of ether oxygens (including phenoxy) is 2. The van der Waals surface area contributed by atoms with Gasteiger partial charge in [-0.25, -0.2) is 0 Å². The van der Waals surface area contributed by atoms with Gasteiger partial charge in [0.25, 0.3) is 0 Å². The highest BCUT2D eigenvalue weighted by Gasteiger charge is 2.80. The molecule has 3 saturated heterocycles. The van der Waals surface area contributed by atoms with E-state index in [-0.39, 0.29) is 37.5 Å². The number of hydrogen-bond donors (Lipinski definition) is 1. The van der Waals surface area contributed by atoms with Gasteiger partial charge < -0.3 is 24.4 Å². The molecule has 6 atom stereocenters. The maximum Gasteiger partial charge on any atom is 0.312 e. The average molecular weight is 471 g/mol. The summed E-state index contributed by atoms with van der Waals surface area (Å²) in [4.78, 5) is 44.0. The zero-order valence-electron chi connectivity index (χ0n) is 20.1. The smallest absolute Gasteiger partial charge is 0.312 e. The SMILES string of the molecule is C=CCN(Cc1ccccc1)C(=O)C1N(CCO)C(=O)[C@@H]2[C@H](C(=O)OCC)[C@@]3(C)OC12CC3C. The molecule has 1 N–H and O–H groups in total. The maximum atomic E-state index is 14.1. The maximum absolute atomic E-state index is 14.1. The molecule has 3 aliphatic heterocycles. The molecular formula is C26H34N2O6. The van der Waals surface area contributed by atoms with Crippen LogP contribution in [0.1, 0.15) is 32.8 Å². The Morgan fingerprint density at radius 2 is 2.06 bits per heavy atom. The van der Waals surface area contributed by atoms with Crippen molar-refractivity contribution in [1.82, 2.24) is 9.80 Å². The second kappa shape index (κ2) is 9.15. The molecule has 1 spiro atoms. The van der Waals surface area contributed by atoms with Crippen molar-refractivity contribution < 1.29 is 29.0 Å². The van der Waals surface area contributed by atoms with Crippen LogP contribution < -0.4 is 0 Å². The molecule has 1 aromatic carbocycles. The molecule has 4 rings (SSSR count). The number of likely N-dealkylation sites (tertiary alicyclic amines) is 1. The van der Waals surface area contributed by atoms with Gasteiger partial charge in [-0.05, 0) is 31.7 Å². The number of benzene rings is 1. The topological polar surface area (TPSA) is 96.4 Å². The summed E-state index contributed by atoms with van der Waals surface area (Å²) >= 11 is 0. The van der Waals surface area contributed by atoms with E-state index < -0.39 is 35.0 Å². The Morgan fingerprint density at radius 3 is 2.68 bits per heavy atom. The van der Waals surface area contributed by atoms with E-state index in [4.69, 9.17) is 9.47 Å². The van der Waals surface area contributed by atoms with Gasteiger partial charge in [0.15, 0.2) is 0 Å². The predicted molar refractivity (Wildman–Crippen MR) is 124 cm³/mol. The largest absolute Gasteiger partial charge is 0.466 e. The third kappa shape index (κ3) is 3.55. The summed E-state index contributed by atoms with van der Waals surface area (Å²) < 4.78 is 12.0. The molecule has 3 unspecified atom stereocenters. The van der Waals surface area contributed by atoms with Crippen molar-refractivity contribution in [1.29, 1.82) is 0 Å². The van der Waals surface area contributed by atoms with Gasteiger partial charge in [-0.1, -0.05) is 43.3 Å². The summed E-state index contributed by atoms with van der Waals surface area (Å²) in [5.41, 5.74) is -1.10. The van der Waals surface area contributed by atoms with E-state index >= 15 is 0 Å². The van der Waals surface area contributed by atoms with Crippen molar-refractivity contribution >= 4 is 17.8 Å². The van der Waals surface area contributed by atoms with Gasteiger partial charge in [0, 0.05) is 19.6 Å². The number of aliphatic hydroxyl groups is 1. The Balaban J connectivity index is 1.76. The fourth-order valence-electron chi connectivity index (χ4n) is 6.32. The first kappa shape index (κ1) is 24.4. The first-order chi connectivity index (χ1) is 16.2. The molecule has 8 heteroatoms. The Hall–Kier alpha value is -2.71. The second-order valence-electron chi connectivity index (χ2n) is 9.70. The van der Waals surface area contributed by atoms with Crippen molar-refractivity contribution in [2.24, 2.45) is 17.8 Å². The Morgan fingerprint density at radius 1 is 1.35 bits per heavy atom. The quantitative estimate of drug-likeness (QED) is 0.437. The molecule has 2 amide bonds. The molecule has 34 heavy (non-hydrogen) atoms. The molecule has 3 heterocycles. The molecular weight excluding hydrogens is 436 g/mol. The molecule has 0 saturated carbocycles. The van der Waals surface area contributed by atoms with E-state index in [2.05, 4.69) is 6.58 Å². The molecule has 2 bridgehead atoms. The fraction of sp³-hybridized carbons (Fsp3) is 0.577. The normalized spacial score (nSPS) is 33.6. The summed E-state index contributed by atoms with van der Waals surface area (Å²) in [5.74, 6) is -2.76. The van der Waals surface area contributed by atoms with E-state index in [0.29, 0.717) is 19.5 Å². The summed E-state index contributed by atoms with van der Waals surface area (Å²) in [6.45, 7) is 9.90. The lowest BCUT2D eigenvalue weighted by Crippen LogP contribution is -2.56. The van der Waals surface area contributed by atoms with Crippen molar-refractivity contribution in [3.05, 3.63) is 48.6 Å². The minimum absolute atomic E-state index is 0.00917. The van der Waals surface area contributed by atoms with Crippen LogP contribution >= 0.6 is 0 Å². The van der Waals surface area contributed by atoms with Gasteiger partial charge in [-0.15, -0.1) is 6.58 Å². The van der Waals surface area contributed by atoms with Crippen LogP contribution in [0, 0.1) is 17.8 Å². The van der Waals surface area contributed by atoms with Gasteiger partial charge in [0.05, 0.1) is 24.7 Å². The number of nitrogens with zero attached hydrogens (tertiary/aromatic N) is 2. The first-order valence-electron chi connectivity index (χ1n) is 12.0. The second-order valence-corrected chi connectivity index (χ2v) is 9.70. The molecule has 0 aromatic heterocycles. The predicted octanol–water partition coefficient (Wildman–Crippen LogP) is 1.77. The number of aliphatic hydroxyl groups excluding tert-OH is 1. The minimum atomic E-state index is -1.15. The molecule has 8 nitrogen and oxygen atoms in total. The summed E-state index contributed by atoms with van der Waals surface area (Å²) in [5, 5.41) is 9.75. The highest BCUT2D eigenvalue weighted by molar-refractivity contribution is 5.98. The molecule has 0 radical (unpaired) electrons. The lowest BCUT2D eigenvalue weighted by Gasteiger charge is -2.37. The number of β-amino-alcohol motifs (C(OH)–C–C–N with tert-alkyl or cyclic N) is 1. The van der Waals surface area contributed by atoms with E-state index in [9.17, 15) is 19.5 Å². The van der Waals surface area contributed by atoms with E-state index in [1.807, 2.05) is 44.2 Å². The standard InChI is InChI=1S/C26H34N2O6/c1-5-12-27(16-18-10-8-7-9-11-18)23(31)21-26-15-17(3)25(4,34-26)20(24(32)33-6-2)19(26)22(30)28(21)13-14-29/h5,7-11,17,19-21,29H,1,6,12-16H2,2-4H3/t17?,19-,20+,21?,25-,26?/m0/s1. The Labute approximate surface area is 200 Å². The number of esters is 1. The van der Waals surface area contributed by atoms with Gasteiger partial charge in [-0.2, -0.15) is 0 Å². The van der Waals surface area contributed by atoms with Crippen molar-refractivity contribution in [3.8, 4) is 0 Å². The Bertz CT molecular complexity index is 967. The summed E-state index contributed by atoms with van der Waals surface area (Å²) in [7, 11) is 0. The highest BCUT2D eigenvalue weighted by atomic mass is 16.6. The van der Waals surface area contributed by atoms with Gasteiger partial charge in [-0.3, -0.25) is 14.4 Å². The number of carbonyl (C=O) groups is 3. The average Bonchev–Trinajstić information content (AvgIpc) is 3.31. The molecule has 184 valence electrons.